The zero-order chi connectivity index (χ0) is 72.7. The summed E-state index contributed by atoms with van der Waals surface area (Å²) in [6.07, 6.45) is 5.52. The van der Waals surface area contributed by atoms with Gasteiger partial charge in [0.25, 0.3) is 6.33 Å². The first-order valence-electron chi connectivity index (χ1n) is 37.3. The lowest BCUT2D eigenvalue weighted by molar-refractivity contribution is -0.571. The van der Waals surface area contributed by atoms with Crippen LogP contribution in [0.2, 0.25) is 0 Å². The highest BCUT2D eigenvalue weighted by molar-refractivity contribution is 7.20. The van der Waals surface area contributed by atoms with E-state index in [4.69, 9.17) is 17.9 Å². The van der Waals surface area contributed by atoms with Gasteiger partial charge in [-0.15, -0.1) is 0 Å². The second-order valence-electron chi connectivity index (χ2n) is 24.4. The second kappa shape index (κ2) is 22.8. The number of fused-ring (bicyclic) bond motifs is 7. The number of hydrogen-bond donors (Lipinski definition) is 0. The summed E-state index contributed by atoms with van der Waals surface area (Å²) >= 11 is 0. The molecule has 2 aliphatic rings. The molecule has 6 nitrogen and oxygen atoms in total. The van der Waals surface area contributed by atoms with E-state index >= 15 is 0 Å². The monoisotopic (exact) mass is 1260 g/mol. The molecule has 0 unspecified atom stereocenters. The zero-order valence-electron chi connectivity index (χ0n) is 61.9. The summed E-state index contributed by atoms with van der Waals surface area (Å²) in [7, 11) is -3.39. The average molecular weight is 1260 g/mol. The Morgan fingerprint density at radius 2 is 0.887 bits per heavy atom. The number of para-hydroxylation sites is 5. The third-order valence-electron chi connectivity index (χ3n) is 19.2. The fourth-order valence-electron chi connectivity index (χ4n) is 15.2. The molecule has 18 aromatic rings. The quantitative estimate of drug-likeness (QED) is 0.0864. The fraction of sp³-hybridized carbons (Fsp3) is 0. The predicted octanol–water partition coefficient (Wildman–Crippen LogP) is 19.1. The molecule has 7 heteroatoms. The number of imidazole rings is 1. The van der Waals surface area contributed by atoms with Gasteiger partial charge in [0.05, 0.1) is 70.1 Å². The molecule has 6 heterocycles. The first-order valence-corrected chi connectivity index (χ1v) is 34.3. The van der Waals surface area contributed by atoms with Crippen molar-refractivity contribution in [3.8, 4) is 90.0 Å². The van der Waals surface area contributed by atoms with E-state index in [-0.39, 0.29) is 27.9 Å². The third kappa shape index (κ3) is 8.93. The van der Waals surface area contributed by atoms with E-state index in [9.17, 15) is 5.48 Å². The molecule has 0 aliphatic carbocycles. The number of rotatable bonds is 8. The molecular weight excluding hydrogens is 1200 g/mol. The van der Waals surface area contributed by atoms with Crippen molar-refractivity contribution < 1.29 is 23.0 Å². The van der Waals surface area contributed by atoms with Crippen LogP contribution >= 0.6 is 0 Å². The van der Waals surface area contributed by atoms with Crippen molar-refractivity contribution in [2.45, 2.75) is 0 Å². The van der Waals surface area contributed by atoms with Crippen LogP contribution in [-0.2, 0) is 0 Å². The number of nitrogens with zero attached hydrogens (tertiary/aromatic N) is 5. The molecule has 0 saturated carbocycles. The molecule has 0 amide bonds. The molecule has 97 heavy (non-hydrogen) atoms. The van der Waals surface area contributed by atoms with E-state index in [0.717, 1.165) is 82.7 Å². The Bertz CT molecular complexity index is 6570. The summed E-state index contributed by atoms with van der Waals surface area (Å²) in [5.74, 6) is 1.72. The van der Waals surface area contributed by atoms with Crippen LogP contribution in [0.3, 0.4) is 0 Å². The van der Waals surface area contributed by atoms with Gasteiger partial charge in [0, 0.05) is 33.2 Å². The van der Waals surface area contributed by atoms with E-state index in [1.807, 2.05) is 65.4 Å². The van der Waals surface area contributed by atoms with E-state index in [1.54, 1.807) is 22.8 Å². The summed E-state index contributed by atoms with van der Waals surface area (Å²) < 4.78 is 104. The maximum absolute atomic E-state index is 9.22. The van der Waals surface area contributed by atoms with Crippen LogP contribution in [0.1, 0.15) is 13.7 Å². The molecule has 0 atom stereocenters. The highest BCUT2D eigenvalue weighted by Crippen LogP contribution is 2.45. The van der Waals surface area contributed by atoms with Crippen molar-refractivity contribution in [3.05, 3.63) is 364 Å². The van der Waals surface area contributed by atoms with Crippen LogP contribution in [0, 0.1) is 6.33 Å². The third-order valence-corrected chi connectivity index (χ3v) is 24.0. The average Bonchev–Trinajstić information content (AvgIpc) is 1.68. The highest BCUT2D eigenvalue weighted by Gasteiger charge is 2.44. The van der Waals surface area contributed by atoms with Gasteiger partial charge in [0.1, 0.15) is 17.3 Å². The number of ether oxygens (including phenoxy) is 1. The number of pyridine rings is 1. The number of benzene rings is 14. The van der Waals surface area contributed by atoms with Crippen LogP contribution < -0.4 is 30.1 Å². The lowest BCUT2D eigenvalue weighted by atomic mass is 9.89. The van der Waals surface area contributed by atoms with Crippen molar-refractivity contribution in [2.24, 2.45) is 0 Å². The topological polar surface area (TPSA) is 40.8 Å². The maximum atomic E-state index is 9.22. The molecule has 454 valence electrons. The Labute approximate surface area is 576 Å². The summed E-state index contributed by atoms with van der Waals surface area (Å²) in [4.78, 5) is 5.54. The Morgan fingerprint density at radius 3 is 1.58 bits per heavy atom. The molecule has 0 N–H and O–H groups in total. The Balaban J connectivity index is 0.824. The van der Waals surface area contributed by atoms with Crippen LogP contribution in [0.25, 0.3) is 133 Å². The summed E-state index contributed by atoms with van der Waals surface area (Å²) in [6, 6.07) is 96.3. The minimum Gasteiger partial charge on any atom is -0.458 e. The van der Waals surface area contributed by atoms with Gasteiger partial charge in [0.2, 0.25) is 0 Å². The number of hydrogen-bond acceptors (Lipinski definition) is 2. The van der Waals surface area contributed by atoms with Gasteiger partial charge in [-0.05, 0) is 125 Å². The Morgan fingerprint density at radius 1 is 0.361 bits per heavy atom. The highest BCUT2D eigenvalue weighted by atomic mass is 28.3. The van der Waals surface area contributed by atoms with E-state index in [1.165, 1.54) is 20.7 Å². The molecule has 4 bridgehead atoms. The van der Waals surface area contributed by atoms with Gasteiger partial charge < -0.3 is 9.30 Å². The maximum Gasteiger partial charge on any atom is 0.269 e. The molecule has 0 radical (unpaired) electrons. The van der Waals surface area contributed by atoms with Crippen LogP contribution in [0.4, 0.5) is 0 Å². The molecule has 4 aromatic heterocycles. The molecule has 0 fully saturated rings. The molecule has 14 aromatic carbocycles. The molecule has 2 aliphatic heterocycles. The predicted molar refractivity (Wildman–Crippen MR) is 401 cm³/mol. The second-order valence-corrected chi connectivity index (χ2v) is 28.1. The van der Waals surface area contributed by atoms with Crippen molar-refractivity contribution in [2.75, 3.05) is 0 Å². The van der Waals surface area contributed by atoms with Crippen LogP contribution in [0.5, 0.6) is 11.5 Å². The minimum absolute atomic E-state index is 0.144. The minimum atomic E-state index is -3.39. The van der Waals surface area contributed by atoms with Crippen LogP contribution in [-0.4, -0.2) is 26.8 Å². The normalized spacial score (nSPS) is 13.9. The standard InChI is InChI=1S/C90H59N5OSi/c1-5-26-61(27-6-1)70-42-24-43-71(62-28-7-2-8-29-62)89(70)93-60-92(83-47-20-21-48-84(83)93)63-30-23-31-65(56-63)96-66-51-53-77-78-54-52-69-58-86(78)95(85(77)57-66)88-55-50-64(59-91-88)94-82-46-19-17-40-76(82)81-45-25-44-80(90(81)94)75-39-16-14-37-73(75)72-36-13-15-38-74(72)79-41-18-22-49-87(79)97(69,67-32-9-3-10-33-67)68-34-11-4-12-35-68/h1-59H/i1D,2D,5D,6D,7D,8D,26D,27D,28D,29D. The molecule has 0 spiro atoms. The fourth-order valence-corrected chi connectivity index (χ4v) is 20.2. The van der Waals surface area contributed by atoms with Crippen molar-refractivity contribution in [1.29, 1.82) is 0 Å². The van der Waals surface area contributed by atoms with Crippen molar-refractivity contribution >= 4 is 83.5 Å². The van der Waals surface area contributed by atoms with Gasteiger partial charge in [-0.25, -0.2) is 4.98 Å². The summed E-state index contributed by atoms with van der Waals surface area (Å²) in [5.41, 5.74) is 13.5. The Hall–Kier alpha value is -12.7. The zero-order valence-corrected chi connectivity index (χ0v) is 52.9. The van der Waals surface area contributed by atoms with Crippen molar-refractivity contribution in [1.82, 2.24) is 18.7 Å². The molecule has 0 saturated heterocycles. The van der Waals surface area contributed by atoms with Gasteiger partial charge in [-0.3, -0.25) is 13.7 Å². The Kier molecular flexibility index (Phi) is 10.9. The van der Waals surface area contributed by atoms with Gasteiger partial charge in [0.15, 0.2) is 8.07 Å². The lowest BCUT2D eigenvalue weighted by Crippen LogP contribution is -2.75. The SMILES string of the molecule is [2H]c1c([2H])c([2H])c(-c2cccc(-c3c([2H])c([2H])c([2H])c([2H])c3[2H])c2-[n+]2[c-]n(-c3cccc(Oc4ccc5c6ccc7cc6n(c5c4)-c4ccc(cn4)-n4c5ccccc5c5cccc(c54)-c4ccccc4-c4ccccc4-c4ccccc4[Si]7(c4ccccc4)c4ccccc4)c3)c3ccccc32)c([2H])c1[2H]. The van der Waals surface area contributed by atoms with Gasteiger partial charge in [-0.1, -0.05) is 291 Å². The van der Waals surface area contributed by atoms with E-state index in [0.29, 0.717) is 34.0 Å². The van der Waals surface area contributed by atoms with E-state index < -0.39 is 68.5 Å². The van der Waals surface area contributed by atoms with Gasteiger partial charge >= 0.3 is 0 Å². The first-order chi connectivity index (χ1) is 52.3. The van der Waals surface area contributed by atoms with Crippen LogP contribution in [0.15, 0.2) is 358 Å². The lowest BCUT2D eigenvalue weighted by Gasteiger charge is -2.36. The smallest absolute Gasteiger partial charge is 0.269 e. The number of aromatic nitrogens is 5. The van der Waals surface area contributed by atoms with Crippen molar-refractivity contribution in [3.63, 3.8) is 0 Å². The first kappa shape index (κ1) is 46.4. The summed E-state index contributed by atoms with van der Waals surface area (Å²) in [6.45, 7) is 0. The molecular formula is C90H59N5OSi. The summed E-state index contributed by atoms with van der Waals surface area (Å²) in [5, 5.41) is 9.14. The molecule has 20 rings (SSSR count). The van der Waals surface area contributed by atoms with Gasteiger partial charge in [-0.2, -0.15) is 0 Å². The largest absolute Gasteiger partial charge is 0.458 e. The van der Waals surface area contributed by atoms with E-state index in [2.05, 4.69) is 234 Å².